The van der Waals surface area contributed by atoms with E-state index in [2.05, 4.69) is 13.8 Å². The second kappa shape index (κ2) is 4.50. The van der Waals surface area contributed by atoms with Gasteiger partial charge in [0.2, 0.25) is 0 Å². The number of allylic oxidation sites excluding steroid dienone is 1. The van der Waals surface area contributed by atoms with Gasteiger partial charge in [-0.3, -0.25) is 0 Å². The first kappa shape index (κ1) is 8.63. The zero-order valence-electron chi connectivity index (χ0n) is 6.05. The van der Waals surface area contributed by atoms with Crippen LogP contribution in [0.15, 0.2) is 12.2 Å². The fourth-order valence-corrected chi connectivity index (χ4v) is 0.418. The van der Waals surface area contributed by atoms with Crippen LogP contribution in [0.1, 0.15) is 13.8 Å². The second-order valence-electron chi connectivity index (χ2n) is 2.13. The van der Waals surface area contributed by atoms with Crippen LogP contribution in [-0.4, -0.2) is 12.2 Å². The lowest BCUT2D eigenvalue weighted by Gasteiger charge is -1.94. The van der Waals surface area contributed by atoms with E-state index in [0.29, 0.717) is 11.0 Å². The molecule has 0 spiro atoms. The maximum Gasteiger partial charge on any atom is 0.183 e. The number of rotatable bonds is 2. The van der Waals surface area contributed by atoms with Gasteiger partial charge in [0, 0.05) is 0 Å². The molecule has 0 rings (SSSR count). The van der Waals surface area contributed by atoms with Crippen LogP contribution in [0.2, 0.25) is 0 Å². The average molecular weight is 144 g/mol. The van der Waals surface area contributed by atoms with Crippen LogP contribution < -0.4 is 0 Å². The summed E-state index contributed by atoms with van der Waals surface area (Å²) < 4.78 is 4.75. The van der Waals surface area contributed by atoms with Gasteiger partial charge in [-0.05, 0) is 24.2 Å². The van der Waals surface area contributed by atoms with Crippen molar-refractivity contribution in [3.63, 3.8) is 0 Å². The van der Waals surface area contributed by atoms with Gasteiger partial charge in [-0.25, -0.2) is 0 Å². The predicted molar refractivity (Wildman–Crippen MR) is 43.6 cm³/mol. The van der Waals surface area contributed by atoms with Crippen LogP contribution in [0.25, 0.3) is 0 Å². The maximum absolute atomic E-state index is 4.76. The highest BCUT2D eigenvalue weighted by Gasteiger charge is 1.86. The first-order valence-corrected chi connectivity index (χ1v) is 3.33. The minimum Gasteiger partial charge on any atom is -0.487 e. The minimum atomic E-state index is 0.540. The van der Waals surface area contributed by atoms with Crippen LogP contribution in [0.4, 0.5) is 0 Å². The molecule has 1 nitrogen and oxygen atoms in total. The summed E-state index contributed by atoms with van der Waals surface area (Å²) in [6.07, 6.45) is 3.81. The van der Waals surface area contributed by atoms with E-state index in [0.717, 1.165) is 0 Å². The Morgan fingerprint density at radius 2 is 2.11 bits per heavy atom. The summed E-state index contributed by atoms with van der Waals surface area (Å²) in [6, 6.07) is 0. The van der Waals surface area contributed by atoms with Gasteiger partial charge in [-0.1, -0.05) is 19.9 Å². The summed E-state index contributed by atoms with van der Waals surface area (Å²) in [6.45, 7) is 4.18. The van der Waals surface area contributed by atoms with Crippen molar-refractivity contribution in [2.75, 3.05) is 7.11 Å². The summed E-state index contributed by atoms with van der Waals surface area (Å²) in [4.78, 5) is 0. The van der Waals surface area contributed by atoms with Crippen LogP contribution in [0, 0.1) is 5.92 Å². The summed E-state index contributed by atoms with van der Waals surface area (Å²) >= 11 is 4.76. The smallest absolute Gasteiger partial charge is 0.183 e. The second-order valence-corrected chi connectivity index (χ2v) is 2.53. The van der Waals surface area contributed by atoms with Gasteiger partial charge in [0.15, 0.2) is 5.05 Å². The molecule has 0 aliphatic carbocycles. The molecule has 0 bridgehead atoms. The molecule has 0 aliphatic heterocycles. The zero-order valence-corrected chi connectivity index (χ0v) is 6.87. The summed E-state index contributed by atoms with van der Waals surface area (Å²) in [5.74, 6) is 0.540. The summed E-state index contributed by atoms with van der Waals surface area (Å²) in [5.41, 5.74) is 0. The lowest BCUT2D eigenvalue weighted by Crippen LogP contribution is -1.91. The Kier molecular flexibility index (Phi) is 4.32. The molecule has 0 aromatic carbocycles. The van der Waals surface area contributed by atoms with Crippen molar-refractivity contribution >= 4 is 17.3 Å². The monoisotopic (exact) mass is 144 g/mol. The predicted octanol–water partition coefficient (Wildman–Crippen LogP) is 2.17. The van der Waals surface area contributed by atoms with Crippen molar-refractivity contribution in [1.29, 1.82) is 0 Å². The van der Waals surface area contributed by atoms with Crippen molar-refractivity contribution in [3.05, 3.63) is 12.2 Å². The molecule has 0 unspecified atom stereocenters. The van der Waals surface area contributed by atoms with Gasteiger partial charge in [-0.15, -0.1) is 0 Å². The van der Waals surface area contributed by atoms with E-state index < -0.39 is 0 Å². The SMILES string of the molecule is COC(=S)/C=C/C(C)C. The van der Waals surface area contributed by atoms with Crippen LogP contribution in [0.3, 0.4) is 0 Å². The summed E-state index contributed by atoms with van der Waals surface area (Å²) in [7, 11) is 1.58. The third kappa shape index (κ3) is 5.50. The fraction of sp³-hybridized carbons (Fsp3) is 0.571. The molecule has 0 heterocycles. The van der Waals surface area contributed by atoms with Gasteiger partial charge >= 0.3 is 0 Å². The molecular weight excluding hydrogens is 132 g/mol. The topological polar surface area (TPSA) is 9.23 Å². The fourth-order valence-electron chi connectivity index (χ4n) is 0.339. The Balaban J connectivity index is 3.57. The highest BCUT2D eigenvalue weighted by atomic mass is 32.1. The molecule has 0 aromatic rings. The van der Waals surface area contributed by atoms with Crippen molar-refractivity contribution in [3.8, 4) is 0 Å². The lowest BCUT2D eigenvalue weighted by molar-refractivity contribution is 0.417. The van der Waals surface area contributed by atoms with Gasteiger partial charge in [0.25, 0.3) is 0 Å². The molecule has 0 atom stereocenters. The molecule has 0 aromatic heterocycles. The van der Waals surface area contributed by atoms with E-state index in [1.807, 2.05) is 6.08 Å². The Morgan fingerprint density at radius 1 is 1.56 bits per heavy atom. The number of hydrogen-bond acceptors (Lipinski definition) is 2. The highest BCUT2D eigenvalue weighted by Crippen LogP contribution is 1.94. The molecular formula is C7H12OS. The van der Waals surface area contributed by atoms with E-state index in [1.165, 1.54) is 0 Å². The molecule has 0 saturated heterocycles. The van der Waals surface area contributed by atoms with Crippen molar-refractivity contribution in [1.82, 2.24) is 0 Å². The Labute approximate surface area is 61.7 Å². The third-order valence-corrected chi connectivity index (χ3v) is 1.12. The van der Waals surface area contributed by atoms with Crippen molar-refractivity contribution in [2.24, 2.45) is 5.92 Å². The molecule has 0 aliphatic rings. The molecule has 0 saturated carbocycles. The van der Waals surface area contributed by atoms with E-state index in [-0.39, 0.29) is 0 Å². The largest absolute Gasteiger partial charge is 0.487 e. The molecule has 0 radical (unpaired) electrons. The lowest BCUT2D eigenvalue weighted by atomic mass is 10.2. The van der Waals surface area contributed by atoms with Crippen molar-refractivity contribution < 1.29 is 4.74 Å². The Morgan fingerprint density at radius 3 is 2.44 bits per heavy atom. The number of hydrogen-bond donors (Lipinski definition) is 0. The third-order valence-electron chi connectivity index (χ3n) is 0.818. The number of ether oxygens (including phenoxy) is 1. The number of thiocarbonyl (C=S) groups is 1. The highest BCUT2D eigenvalue weighted by molar-refractivity contribution is 7.80. The van der Waals surface area contributed by atoms with E-state index in [4.69, 9.17) is 17.0 Å². The quantitative estimate of drug-likeness (QED) is 0.434. The van der Waals surface area contributed by atoms with Gasteiger partial charge in [-0.2, -0.15) is 0 Å². The van der Waals surface area contributed by atoms with Gasteiger partial charge < -0.3 is 4.74 Å². The maximum atomic E-state index is 4.76. The molecule has 52 valence electrons. The normalized spacial score (nSPS) is 10.7. The molecule has 0 N–H and O–H groups in total. The van der Waals surface area contributed by atoms with Crippen LogP contribution in [-0.2, 0) is 4.74 Å². The van der Waals surface area contributed by atoms with Crippen molar-refractivity contribution in [2.45, 2.75) is 13.8 Å². The standard InChI is InChI=1S/C7H12OS/c1-6(2)4-5-7(9)8-3/h4-6H,1-3H3/b5-4+. The van der Waals surface area contributed by atoms with E-state index in [9.17, 15) is 0 Å². The first-order valence-electron chi connectivity index (χ1n) is 2.93. The average Bonchev–Trinajstić information content (AvgIpc) is 1.83. The van der Waals surface area contributed by atoms with E-state index >= 15 is 0 Å². The van der Waals surface area contributed by atoms with E-state index in [1.54, 1.807) is 13.2 Å². The van der Waals surface area contributed by atoms with Gasteiger partial charge in [0.05, 0.1) is 7.11 Å². The van der Waals surface area contributed by atoms with Crippen LogP contribution in [0.5, 0.6) is 0 Å². The molecule has 0 fully saturated rings. The molecule has 9 heavy (non-hydrogen) atoms. The minimum absolute atomic E-state index is 0.540. The Bertz CT molecular complexity index is 116. The first-order chi connectivity index (χ1) is 4.16. The molecule has 2 heteroatoms. The number of methoxy groups -OCH3 is 1. The van der Waals surface area contributed by atoms with Crippen LogP contribution >= 0.6 is 12.2 Å². The summed E-state index contributed by atoms with van der Waals surface area (Å²) in [5, 5.41) is 0.545. The molecule has 0 amide bonds. The Hall–Kier alpha value is -0.370. The zero-order chi connectivity index (χ0) is 7.28. The van der Waals surface area contributed by atoms with Gasteiger partial charge in [0.1, 0.15) is 0 Å².